The highest BCUT2D eigenvalue weighted by Crippen LogP contribution is 2.37. The predicted octanol–water partition coefficient (Wildman–Crippen LogP) is 8.17. The number of ketones is 1. The summed E-state index contributed by atoms with van der Waals surface area (Å²) in [7, 11) is 1.86. The van der Waals surface area contributed by atoms with E-state index in [0.29, 0.717) is 17.7 Å². The first kappa shape index (κ1) is 28.5. The van der Waals surface area contributed by atoms with Crippen LogP contribution >= 0.6 is 0 Å². The summed E-state index contributed by atoms with van der Waals surface area (Å²) < 4.78 is 53.8. The molecule has 1 atom stereocenters. The van der Waals surface area contributed by atoms with E-state index in [-0.39, 0.29) is 16.7 Å². The van der Waals surface area contributed by atoms with Crippen LogP contribution in [0.2, 0.25) is 0 Å². The fraction of sp³-hybridized carbons (Fsp3) is 0.152. The summed E-state index contributed by atoms with van der Waals surface area (Å²) in [5.41, 5.74) is 2.87. The van der Waals surface area contributed by atoms with Crippen molar-refractivity contribution in [3.63, 3.8) is 0 Å². The first-order valence-corrected chi connectivity index (χ1v) is 12.6. The van der Waals surface area contributed by atoms with Gasteiger partial charge in [0.2, 0.25) is 0 Å². The lowest BCUT2D eigenvalue weighted by Gasteiger charge is -2.32. The molecule has 4 aromatic carbocycles. The highest BCUT2D eigenvalue weighted by molar-refractivity contribution is 6.08. The molecule has 0 saturated heterocycles. The van der Waals surface area contributed by atoms with Crippen LogP contribution in [0, 0.1) is 23.3 Å². The van der Waals surface area contributed by atoms with Crippen molar-refractivity contribution < 1.29 is 22.4 Å². The van der Waals surface area contributed by atoms with Crippen LogP contribution in [0.15, 0.2) is 108 Å². The third kappa shape index (κ3) is 6.37. The smallest absolute Gasteiger partial charge is 0.189 e. The Morgan fingerprint density at radius 3 is 2.05 bits per heavy atom. The van der Waals surface area contributed by atoms with Crippen molar-refractivity contribution >= 4 is 17.1 Å². The van der Waals surface area contributed by atoms with Crippen LogP contribution in [-0.2, 0) is 5.54 Å². The SMILES string of the molecule is C/C(=C\C(=O)c1cc(F)ccc1F)c1ccccc1.CN1N=C(c2cc(F)ccc2F)CC1(C)c1ccccc1. The second kappa shape index (κ2) is 12.1. The van der Waals surface area contributed by atoms with E-state index >= 15 is 0 Å². The number of nitrogens with zero attached hydrogens (tertiary/aromatic N) is 2. The van der Waals surface area contributed by atoms with Crippen LogP contribution in [0.5, 0.6) is 0 Å². The Bertz CT molecular complexity index is 1570. The molecule has 5 rings (SSSR count). The Morgan fingerprint density at radius 1 is 0.825 bits per heavy atom. The summed E-state index contributed by atoms with van der Waals surface area (Å²) in [4.78, 5) is 11.9. The van der Waals surface area contributed by atoms with Crippen molar-refractivity contribution in [3.05, 3.63) is 149 Å². The number of carbonyl (C=O) groups is 1. The molecule has 4 aromatic rings. The first-order valence-electron chi connectivity index (χ1n) is 12.6. The zero-order chi connectivity index (χ0) is 28.9. The van der Waals surface area contributed by atoms with Gasteiger partial charge in [-0.25, -0.2) is 17.6 Å². The minimum Gasteiger partial charge on any atom is -0.289 e. The largest absolute Gasteiger partial charge is 0.289 e. The number of halogens is 4. The van der Waals surface area contributed by atoms with Gasteiger partial charge in [-0.2, -0.15) is 5.10 Å². The number of hydrogen-bond acceptors (Lipinski definition) is 3. The molecule has 1 aliphatic rings. The molecule has 204 valence electrons. The normalized spacial score (nSPS) is 16.7. The second-order valence-electron chi connectivity index (χ2n) is 9.69. The molecule has 0 bridgehead atoms. The molecule has 3 nitrogen and oxygen atoms in total. The Hall–Kier alpha value is -4.52. The number of allylic oxidation sites excluding steroid dienone is 2. The van der Waals surface area contributed by atoms with Gasteiger partial charge in [-0.05, 0) is 73.0 Å². The summed E-state index contributed by atoms with van der Waals surface area (Å²) >= 11 is 0. The summed E-state index contributed by atoms with van der Waals surface area (Å²) in [6.45, 7) is 3.81. The van der Waals surface area contributed by atoms with Gasteiger partial charge >= 0.3 is 0 Å². The molecule has 0 radical (unpaired) electrons. The second-order valence-corrected chi connectivity index (χ2v) is 9.69. The van der Waals surface area contributed by atoms with E-state index in [2.05, 4.69) is 12.0 Å². The van der Waals surface area contributed by atoms with Crippen LogP contribution in [0.3, 0.4) is 0 Å². The molecule has 1 unspecified atom stereocenters. The molecule has 7 heteroatoms. The fourth-order valence-electron chi connectivity index (χ4n) is 4.47. The van der Waals surface area contributed by atoms with Crippen LogP contribution in [0.1, 0.15) is 47.3 Å². The van der Waals surface area contributed by atoms with E-state index < -0.39 is 29.1 Å². The highest BCUT2D eigenvalue weighted by atomic mass is 19.1. The van der Waals surface area contributed by atoms with Crippen molar-refractivity contribution in [2.45, 2.75) is 25.8 Å². The van der Waals surface area contributed by atoms with Gasteiger partial charge < -0.3 is 0 Å². The van der Waals surface area contributed by atoms with Gasteiger partial charge in [-0.3, -0.25) is 9.80 Å². The van der Waals surface area contributed by atoms with Gasteiger partial charge in [0.25, 0.3) is 0 Å². The van der Waals surface area contributed by atoms with Crippen LogP contribution in [0.25, 0.3) is 5.57 Å². The van der Waals surface area contributed by atoms with Crippen LogP contribution < -0.4 is 0 Å². The van der Waals surface area contributed by atoms with Gasteiger partial charge in [0.05, 0.1) is 16.8 Å². The zero-order valence-electron chi connectivity index (χ0n) is 22.3. The molecule has 1 aliphatic heterocycles. The number of hydrazone groups is 1. The van der Waals surface area contributed by atoms with Crippen molar-refractivity contribution in [1.29, 1.82) is 0 Å². The lowest BCUT2D eigenvalue weighted by atomic mass is 9.86. The van der Waals surface area contributed by atoms with Gasteiger partial charge in [0.15, 0.2) is 5.78 Å². The lowest BCUT2D eigenvalue weighted by molar-refractivity contribution is 0.104. The number of hydrogen-bond donors (Lipinski definition) is 0. The minimum atomic E-state index is -0.719. The standard InChI is InChI=1S/C17H16F2N2.C16H12F2O/c1-17(12-6-4-3-5-7-12)11-16(20-21(17)2)14-10-13(18)8-9-15(14)19;1-11(12-5-3-2-4-6-12)9-16(19)14-10-13(17)7-8-15(14)18/h3-10H,11H2,1-2H3;2-10H,1H3/b;11-9+. The Kier molecular flexibility index (Phi) is 8.63. The van der Waals surface area contributed by atoms with E-state index in [4.69, 9.17) is 0 Å². The molecule has 0 fully saturated rings. The zero-order valence-corrected chi connectivity index (χ0v) is 22.3. The molecule has 40 heavy (non-hydrogen) atoms. The minimum absolute atomic E-state index is 0.238. The molecule has 0 aliphatic carbocycles. The van der Waals surface area contributed by atoms with E-state index in [1.54, 1.807) is 6.92 Å². The summed E-state index contributed by atoms with van der Waals surface area (Å²) in [5, 5.41) is 6.25. The predicted molar refractivity (Wildman–Crippen MR) is 150 cm³/mol. The monoisotopic (exact) mass is 544 g/mol. The highest BCUT2D eigenvalue weighted by Gasteiger charge is 2.38. The maximum Gasteiger partial charge on any atom is 0.189 e. The summed E-state index contributed by atoms with van der Waals surface area (Å²) in [6, 6.07) is 25.5. The van der Waals surface area contributed by atoms with E-state index in [0.717, 1.165) is 41.5 Å². The van der Waals surface area contributed by atoms with Crippen LogP contribution in [-0.4, -0.2) is 23.6 Å². The quantitative estimate of drug-likeness (QED) is 0.144. The van der Waals surface area contributed by atoms with Crippen LogP contribution in [0.4, 0.5) is 17.6 Å². The number of rotatable bonds is 5. The summed E-state index contributed by atoms with van der Waals surface area (Å²) in [6.07, 6.45) is 1.85. The number of carbonyl (C=O) groups excluding carboxylic acids is 1. The van der Waals surface area contributed by atoms with E-state index in [9.17, 15) is 22.4 Å². The third-order valence-corrected chi connectivity index (χ3v) is 6.90. The maximum absolute atomic E-state index is 13.9. The van der Waals surface area contributed by atoms with Gasteiger partial charge in [0.1, 0.15) is 23.3 Å². The fourth-order valence-corrected chi connectivity index (χ4v) is 4.47. The average Bonchev–Trinajstić information content (AvgIpc) is 3.27. The average molecular weight is 545 g/mol. The van der Waals surface area contributed by atoms with Crippen molar-refractivity contribution in [2.75, 3.05) is 7.05 Å². The molecule has 0 N–H and O–H groups in total. The Labute approximate surface area is 231 Å². The molecule has 0 spiro atoms. The van der Waals surface area contributed by atoms with Gasteiger partial charge in [0, 0.05) is 19.0 Å². The van der Waals surface area contributed by atoms with E-state index in [1.165, 1.54) is 12.1 Å². The van der Waals surface area contributed by atoms with Gasteiger partial charge in [-0.15, -0.1) is 0 Å². The van der Waals surface area contributed by atoms with E-state index in [1.807, 2.05) is 72.7 Å². The molecule has 0 amide bonds. The first-order chi connectivity index (χ1) is 19.1. The third-order valence-electron chi connectivity index (χ3n) is 6.90. The molecule has 0 saturated carbocycles. The van der Waals surface area contributed by atoms with Crippen molar-refractivity contribution in [2.24, 2.45) is 5.10 Å². The van der Waals surface area contributed by atoms with Crippen molar-refractivity contribution in [1.82, 2.24) is 5.01 Å². The molecular weight excluding hydrogens is 516 g/mol. The molecular formula is C33H28F4N2O. The number of benzene rings is 4. The topological polar surface area (TPSA) is 32.7 Å². The Balaban J connectivity index is 0.000000186. The Morgan fingerprint density at radius 2 is 1.40 bits per heavy atom. The van der Waals surface area contributed by atoms with Crippen molar-refractivity contribution in [3.8, 4) is 0 Å². The lowest BCUT2D eigenvalue weighted by Crippen LogP contribution is -2.34. The summed E-state index contributed by atoms with van der Waals surface area (Å²) in [5.74, 6) is -2.79. The molecule has 0 aromatic heterocycles. The van der Waals surface area contributed by atoms with Gasteiger partial charge in [-0.1, -0.05) is 60.7 Å². The maximum atomic E-state index is 13.9. The molecule has 1 heterocycles.